The van der Waals surface area contributed by atoms with E-state index in [1.165, 1.54) is 32.0 Å². The molecule has 0 atom stereocenters. The fourth-order valence-electron chi connectivity index (χ4n) is 1.49. The number of esters is 1. The number of methoxy groups -OCH3 is 1. The van der Waals surface area contributed by atoms with Crippen LogP contribution in [0, 0.1) is 0 Å². The monoisotopic (exact) mass is 301 g/mol. The topological polar surface area (TPSA) is 110 Å². The first kappa shape index (κ1) is 16.1. The molecule has 7 nitrogen and oxygen atoms in total. The normalized spacial score (nSPS) is 11.9. The minimum Gasteiger partial charge on any atom is -0.478 e. The van der Waals surface area contributed by atoms with Gasteiger partial charge >= 0.3 is 11.9 Å². The van der Waals surface area contributed by atoms with Gasteiger partial charge in [-0.25, -0.2) is 13.2 Å². The number of sulfonamides is 1. The molecule has 20 heavy (non-hydrogen) atoms. The molecule has 0 aliphatic heterocycles. The van der Waals surface area contributed by atoms with E-state index in [1.54, 1.807) is 0 Å². The number of carboxylic acid groups (broad SMARTS) is 1. The number of ether oxygens (including phenoxy) is 1. The van der Waals surface area contributed by atoms with Gasteiger partial charge < -0.3 is 9.84 Å². The Morgan fingerprint density at radius 2 is 1.90 bits per heavy atom. The molecule has 0 radical (unpaired) electrons. The molecule has 1 aromatic carbocycles. The zero-order chi connectivity index (χ0) is 15.6. The number of carbonyl (C=O) groups excluding carboxylic acids is 1. The van der Waals surface area contributed by atoms with E-state index in [9.17, 15) is 18.0 Å². The molecule has 0 heterocycles. The van der Waals surface area contributed by atoms with Crippen LogP contribution in [0.5, 0.6) is 0 Å². The van der Waals surface area contributed by atoms with Crippen LogP contribution in [-0.2, 0) is 19.6 Å². The van der Waals surface area contributed by atoms with Gasteiger partial charge in [0.15, 0.2) is 0 Å². The second kappa shape index (κ2) is 5.59. The summed E-state index contributed by atoms with van der Waals surface area (Å²) in [5.74, 6) is -2.00. The van der Waals surface area contributed by atoms with E-state index in [-0.39, 0.29) is 10.5 Å². The molecule has 0 aliphatic carbocycles. The van der Waals surface area contributed by atoms with Gasteiger partial charge in [-0.1, -0.05) is 6.07 Å². The fraction of sp³-hybridized carbons (Fsp3) is 0.333. The van der Waals surface area contributed by atoms with Crippen molar-refractivity contribution in [2.75, 3.05) is 7.11 Å². The van der Waals surface area contributed by atoms with E-state index < -0.39 is 27.5 Å². The van der Waals surface area contributed by atoms with Crippen LogP contribution >= 0.6 is 0 Å². The van der Waals surface area contributed by atoms with Crippen LogP contribution in [0.15, 0.2) is 29.2 Å². The SMILES string of the molecule is COC(=O)C(C)(C)NS(=O)(=O)c1cccc(C(=O)O)c1. The molecule has 1 rings (SSSR count). The molecule has 0 fully saturated rings. The van der Waals surface area contributed by atoms with Crippen LogP contribution in [-0.4, -0.2) is 38.1 Å². The van der Waals surface area contributed by atoms with Crippen molar-refractivity contribution >= 4 is 22.0 Å². The third-order valence-corrected chi connectivity index (χ3v) is 4.13. The standard InChI is InChI=1S/C12H15NO6S/c1-12(2,11(16)19-3)13-20(17,18)9-6-4-5-8(7-9)10(14)15/h4-7,13H,1-3H3,(H,14,15). The van der Waals surface area contributed by atoms with E-state index in [4.69, 9.17) is 5.11 Å². The smallest absolute Gasteiger partial charge is 0.335 e. The predicted molar refractivity (Wildman–Crippen MR) is 69.8 cm³/mol. The van der Waals surface area contributed by atoms with Crippen molar-refractivity contribution in [2.45, 2.75) is 24.3 Å². The van der Waals surface area contributed by atoms with Crippen LogP contribution in [0.2, 0.25) is 0 Å². The molecule has 0 spiro atoms. The Bertz CT molecular complexity index is 635. The van der Waals surface area contributed by atoms with Gasteiger partial charge in [0.05, 0.1) is 17.6 Å². The average Bonchev–Trinajstić information content (AvgIpc) is 2.36. The van der Waals surface area contributed by atoms with Crippen LogP contribution in [0.1, 0.15) is 24.2 Å². The van der Waals surface area contributed by atoms with Gasteiger partial charge in [-0.15, -0.1) is 0 Å². The second-order valence-electron chi connectivity index (χ2n) is 4.56. The van der Waals surface area contributed by atoms with Crippen LogP contribution < -0.4 is 4.72 Å². The molecule has 8 heteroatoms. The first-order chi connectivity index (χ1) is 9.10. The maximum absolute atomic E-state index is 12.1. The van der Waals surface area contributed by atoms with Crippen molar-refractivity contribution < 1.29 is 27.9 Å². The number of nitrogens with one attached hydrogen (secondary N) is 1. The predicted octanol–water partition coefficient (Wildman–Crippen LogP) is 0.615. The van der Waals surface area contributed by atoms with Crippen molar-refractivity contribution in [1.82, 2.24) is 4.72 Å². The molecule has 0 saturated heterocycles. The van der Waals surface area contributed by atoms with Crippen LogP contribution in [0.3, 0.4) is 0 Å². The van der Waals surface area contributed by atoms with Gasteiger partial charge in [0, 0.05) is 0 Å². The third kappa shape index (κ3) is 3.55. The van der Waals surface area contributed by atoms with Crippen molar-refractivity contribution in [3.05, 3.63) is 29.8 Å². The summed E-state index contributed by atoms with van der Waals surface area (Å²) < 4.78 is 30.9. The quantitative estimate of drug-likeness (QED) is 0.771. The highest BCUT2D eigenvalue weighted by atomic mass is 32.2. The molecule has 110 valence electrons. The largest absolute Gasteiger partial charge is 0.478 e. The summed E-state index contributed by atoms with van der Waals surface area (Å²) in [6, 6.07) is 4.83. The first-order valence-electron chi connectivity index (χ1n) is 5.56. The van der Waals surface area contributed by atoms with Crippen LogP contribution in [0.4, 0.5) is 0 Å². The van der Waals surface area contributed by atoms with Crippen molar-refractivity contribution in [2.24, 2.45) is 0 Å². The lowest BCUT2D eigenvalue weighted by atomic mass is 10.1. The Hall–Kier alpha value is -1.93. The van der Waals surface area contributed by atoms with Crippen molar-refractivity contribution in [3.63, 3.8) is 0 Å². The Labute approximate surface area is 116 Å². The van der Waals surface area contributed by atoms with Crippen molar-refractivity contribution in [3.8, 4) is 0 Å². The lowest BCUT2D eigenvalue weighted by molar-refractivity contribution is -0.146. The van der Waals surface area contributed by atoms with E-state index in [2.05, 4.69) is 9.46 Å². The van der Waals surface area contributed by atoms with Gasteiger partial charge in [-0.05, 0) is 32.0 Å². The highest BCUT2D eigenvalue weighted by Crippen LogP contribution is 2.15. The summed E-state index contributed by atoms with van der Waals surface area (Å²) >= 11 is 0. The molecular weight excluding hydrogens is 286 g/mol. The summed E-state index contributed by atoms with van der Waals surface area (Å²) in [6.45, 7) is 2.69. The maximum Gasteiger partial charge on any atom is 0.335 e. The number of carbonyl (C=O) groups is 2. The number of hydrogen-bond donors (Lipinski definition) is 2. The lowest BCUT2D eigenvalue weighted by Gasteiger charge is -2.22. The highest BCUT2D eigenvalue weighted by Gasteiger charge is 2.34. The average molecular weight is 301 g/mol. The zero-order valence-corrected chi connectivity index (χ0v) is 12.0. The van der Waals surface area contributed by atoms with Gasteiger partial charge in [0.2, 0.25) is 10.0 Å². The molecule has 0 unspecified atom stereocenters. The molecule has 0 aliphatic rings. The molecular formula is C12H15NO6S. The third-order valence-electron chi connectivity index (χ3n) is 2.48. The molecule has 0 bridgehead atoms. The van der Waals surface area contributed by atoms with E-state index in [1.807, 2.05) is 0 Å². The Morgan fingerprint density at radius 1 is 1.30 bits per heavy atom. The Balaban J connectivity index is 3.15. The first-order valence-corrected chi connectivity index (χ1v) is 7.04. The molecule has 2 N–H and O–H groups in total. The van der Waals surface area contributed by atoms with E-state index in [0.29, 0.717) is 0 Å². The molecule has 1 aromatic rings. The summed E-state index contributed by atoms with van der Waals surface area (Å²) in [7, 11) is -2.90. The fourth-order valence-corrected chi connectivity index (χ4v) is 2.90. The number of benzene rings is 1. The van der Waals surface area contributed by atoms with Gasteiger partial charge in [0.25, 0.3) is 0 Å². The summed E-state index contributed by atoms with van der Waals surface area (Å²) in [5.41, 5.74) is -1.63. The van der Waals surface area contributed by atoms with Crippen molar-refractivity contribution in [1.29, 1.82) is 0 Å². The van der Waals surface area contributed by atoms with E-state index in [0.717, 1.165) is 13.2 Å². The van der Waals surface area contributed by atoms with Gasteiger partial charge in [0.1, 0.15) is 5.54 Å². The summed E-state index contributed by atoms with van der Waals surface area (Å²) in [5, 5.41) is 8.84. The Kier molecular flexibility index (Phi) is 4.51. The highest BCUT2D eigenvalue weighted by molar-refractivity contribution is 7.89. The van der Waals surface area contributed by atoms with E-state index >= 15 is 0 Å². The van der Waals surface area contributed by atoms with Gasteiger partial charge in [-0.2, -0.15) is 4.72 Å². The number of hydrogen-bond acceptors (Lipinski definition) is 5. The lowest BCUT2D eigenvalue weighted by Crippen LogP contribution is -2.50. The minimum atomic E-state index is -4.04. The summed E-state index contributed by atoms with van der Waals surface area (Å²) in [4.78, 5) is 22.1. The molecule has 0 saturated carbocycles. The Morgan fingerprint density at radius 3 is 2.40 bits per heavy atom. The molecule has 0 amide bonds. The maximum atomic E-state index is 12.1. The summed E-state index contributed by atoms with van der Waals surface area (Å²) in [6.07, 6.45) is 0. The number of carboxylic acids is 1. The van der Waals surface area contributed by atoms with Crippen LogP contribution in [0.25, 0.3) is 0 Å². The van der Waals surface area contributed by atoms with Gasteiger partial charge in [-0.3, -0.25) is 4.79 Å². The zero-order valence-electron chi connectivity index (χ0n) is 11.2. The number of rotatable bonds is 5. The molecule has 0 aromatic heterocycles. The second-order valence-corrected chi connectivity index (χ2v) is 6.24. The minimum absolute atomic E-state index is 0.163. The number of aromatic carboxylic acids is 1.